The highest BCUT2D eigenvalue weighted by atomic mass is 79.9. The molecule has 2 aromatic rings. The van der Waals surface area contributed by atoms with Crippen LogP contribution in [0.1, 0.15) is 15.9 Å². The summed E-state index contributed by atoms with van der Waals surface area (Å²) in [6, 6.07) is 11.1. The van der Waals surface area contributed by atoms with Gasteiger partial charge in [-0.2, -0.15) is 0 Å². The number of anilines is 1. The number of hydrogen-bond acceptors (Lipinski definition) is 2. The molecule has 98 valence electrons. The van der Waals surface area contributed by atoms with Crippen molar-refractivity contribution in [1.82, 2.24) is 5.32 Å². The van der Waals surface area contributed by atoms with Gasteiger partial charge in [0.25, 0.3) is 5.91 Å². The molecule has 0 radical (unpaired) electrons. The monoisotopic (exact) mass is 322 g/mol. The van der Waals surface area contributed by atoms with E-state index in [0.29, 0.717) is 21.3 Å². The van der Waals surface area contributed by atoms with E-state index >= 15 is 0 Å². The molecule has 0 saturated heterocycles. The lowest BCUT2D eigenvalue weighted by Crippen LogP contribution is -2.23. The van der Waals surface area contributed by atoms with Crippen LogP contribution in [0.25, 0.3) is 0 Å². The van der Waals surface area contributed by atoms with Crippen molar-refractivity contribution in [3.05, 3.63) is 63.9 Å². The van der Waals surface area contributed by atoms with Crippen LogP contribution in [0.2, 0.25) is 0 Å². The van der Waals surface area contributed by atoms with Crippen LogP contribution in [0.3, 0.4) is 0 Å². The van der Waals surface area contributed by atoms with E-state index in [1.165, 1.54) is 12.1 Å². The summed E-state index contributed by atoms with van der Waals surface area (Å²) in [5.74, 6) is -0.583. The molecule has 0 aromatic heterocycles. The predicted octanol–water partition coefficient (Wildman–Crippen LogP) is 3.10. The summed E-state index contributed by atoms with van der Waals surface area (Å²) in [5, 5.41) is 2.72. The molecule has 1 amide bonds. The number of nitrogen functional groups attached to an aromatic ring is 1. The summed E-state index contributed by atoms with van der Waals surface area (Å²) in [7, 11) is 0. The van der Waals surface area contributed by atoms with Crippen molar-refractivity contribution >= 4 is 27.5 Å². The van der Waals surface area contributed by atoms with Crippen LogP contribution in [0, 0.1) is 5.82 Å². The van der Waals surface area contributed by atoms with Gasteiger partial charge in [0.05, 0.1) is 5.56 Å². The number of benzene rings is 2. The van der Waals surface area contributed by atoms with Gasteiger partial charge in [-0.1, -0.05) is 12.1 Å². The molecule has 3 nitrogen and oxygen atoms in total. The van der Waals surface area contributed by atoms with E-state index < -0.39 is 0 Å². The topological polar surface area (TPSA) is 55.1 Å². The van der Waals surface area contributed by atoms with Crippen LogP contribution >= 0.6 is 15.9 Å². The normalized spacial score (nSPS) is 10.2. The van der Waals surface area contributed by atoms with Gasteiger partial charge in [0.2, 0.25) is 0 Å². The van der Waals surface area contributed by atoms with E-state index in [9.17, 15) is 9.18 Å². The van der Waals surface area contributed by atoms with E-state index in [1.807, 2.05) is 0 Å². The highest BCUT2D eigenvalue weighted by Crippen LogP contribution is 2.19. The fraction of sp³-hybridized carbons (Fsp3) is 0.0714. The lowest BCUT2D eigenvalue weighted by atomic mass is 10.1. The lowest BCUT2D eigenvalue weighted by molar-refractivity contribution is 0.0950. The fourth-order valence-electron chi connectivity index (χ4n) is 1.64. The minimum Gasteiger partial charge on any atom is -0.399 e. The summed E-state index contributed by atoms with van der Waals surface area (Å²) >= 11 is 3.29. The highest BCUT2D eigenvalue weighted by molar-refractivity contribution is 9.10. The van der Waals surface area contributed by atoms with Crippen LogP contribution in [-0.4, -0.2) is 5.91 Å². The zero-order valence-electron chi connectivity index (χ0n) is 9.99. The molecule has 0 aliphatic rings. The number of carbonyl (C=O) groups excluding carboxylic acids is 1. The molecule has 2 aromatic carbocycles. The molecule has 2 rings (SSSR count). The maximum Gasteiger partial charge on any atom is 0.252 e. The summed E-state index contributed by atoms with van der Waals surface area (Å²) in [6.45, 7) is 0.262. The average molecular weight is 323 g/mol. The van der Waals surface area contributed by atoms with Crippen LogP contribution in [0.5, 0.6) is 0 Å². The van der Waals surface area contributed by atoms with E-state index in [2.05, 4.69) is 21.2 Å². The molecule has 19 heavy (non-hydrogen) atoms. The number of amides is 1. The van der Waals surface area contributed by atoms with Crippen LogP contribution in [0.4, 0.5) is 10.1 Å². The first-order valence-corrected chi connectivity index (χ1v) is 6.43. The Hall–Kier alpha value is -1.88. The Morgan fingerprint density at radius 2 is 2.05 bits per heavy atom. The number of carbonyl (C=O) groups is 1. The number of hydrogen-bond donors (Lipinski definition) is 2. The van der Waals surface area contributed by atoms with Gasteiger partial charge in [0.1, 0.15) is 5.82 Å². The van der Waals surface area contributed by atoms with Crippen molar-refractivity contribution in [3.63, 3.8) is 0 Å². The van der Waals surface area contributed by atoms with Crippen molar-refractivity contribution < 1.29 is 9.18 Å². The molecule has 0 bridgehead atoms. The first-order chi connectivity index (χ1) is 9.06. The molecule has 0 saturated carbocycles. The Morgan fingerprint density at radius 1 is 1.26 bits per heavy atom. The molecule has 0 aliphatic carbocycles. The van der Waals surface area contributed by atoms with Gasteiger partial charge < -0.3 is 11.1 Å². The van der Waals surface area contributed by atoms with Crippen molar-refractivity contribution in [3.8, 4) is 0 Å². The summed E-state index contributed by atoms with van der Waals surface area (Å²) < 4.78 is 13.7. The molecular formula is C14H12BrFN2O. The molecule has 0 spiro atoms. The number of nitrogens with two attached hydrogens (primary N) is 1. The van der Waals surface area contributed by atoms with Gasteiger partial charge in [0.15, 0.2) is 0 Å². The average Bonchev–Trinajstić information content (AvgIpc) is 2.39. The molecule has 0 heterocycles. The van der Waals surface area contributed by atoms with Crippen LogP contribution in [0.15, 0.2) is 46.9 Å². The van der Waals surface area contributed by atoms with E-state index in [1.54, 1.807) is 30.3 Å². The largest absolute Gasteiger partial charge is 0.399 e. The Balaban J connectivity index is 2.07. The fourth-order valence-corrected chi connectivity index (χ4v) is 2.07. The summed E-state index contributed by atoms with van der Waals surface area (Å²) in [4.78, 5) is 12.0. The second kappa shape index (κ2) is 5.84. The zero-order chi connectivity index (χ0) is 13.8. The standard InChI is InChI=1S/C14H12BrFN2O/c15-13-5-4-11(17)7-12(13)14(19)18-8-9-2-1-3-10(16)6-9/h1-7H,8,17H2,(H,18,19). The van der Waals surface area contributed by atoms with Crippen molar-refractivity contribution in [2.45, 2.75) is 6.54 Å². The Bertz CT molecular complexity index is 616. The third-order valence-corrected chi connectivity index (χ3v) is 3.27. The van der Waals surface area contributed by atoms with Gasteiger partial charge in [-0.05, 0) is 51.8 Å². The van der Waals surface area contributed by atoms with Crippen molar-refractivity contribution in [2.24, 2.45) is 0 Å². The molecule has 0 aliphatic heterocycles. The zero-order valence-corrected chi connectivity index (χ0v) is 11.6. The number of rotatable bonds is 3. The third-order valence-electron chi connectivity index (χ3n) is 2.58. The molecular weight excluding hydrogens is 311 g/mol. The van der Waals surface area contributed by atoms with Crippen molar-refractivity contribution in [1.29, 1.82) is 0 Å². The van der Waals surface area contributed by atoms with Gasteiger partial charge in [-0.15, -0.1) is 0 Å². The Labute approximate surface area is 118 Å². The molecule has 0 atom stereocenters. The molecule has 0 fully saturated rings. The second-order valence-corrected chi connectivity index (χ2v) is 4.91. The highest BCUT2D eigenvalue weighted by Gasteiger charge is 2.10. The second-order valence-electron chi connectivity index (χ2n) is 4.05. The minimum atomic E-state index is -0.322. The lowest BCUT2D eigenvalue weighted by Gasteiger charge is -2.08. The van der Waals surface area contributed by atoms with E-state index in [0.717, 1.165) is 0 Å². The maximum absolute atomic E-state index is 13.0. The minimum absolute atomic E-state index is 0.261. The quantitative estimate of drug-likeness (QED) is 0.853. The first-order valence-electron chi connectivity index (χ1n) is 5.64. The van der Waals surface area contributed by atoms with Gasteiger partial charge in [0, 0.05) is 16.7 Å². The van der Waals surface area contributed by atoms with E-state index in [-0.39, 0.29) is 18.3 Å². The number of nitrogens with one attached hydrogen (secondary N) is 1. The first kappa shape index (κ1) is 13.5. The van der Waals surface area contributed by atoms with Crippen LogP contribution in [-0.2, 0) is 6.54 Å². The summed E-state index contributed by atoms with van der Waals surface area (Å²) in [5.41, 5.74) is 7.31. The molecule has 3 N–H and O–H groups in total. The Morgan fingerprint density at radius 3 is 2.79 bits per heavy atom. The smallest absolute Gasteiger partial charge is 0.252 e. The van der Waals surface area contributed by atoms with Crippen molar-refractivity contribution in [2.75, 3.05) is 5.73 Å². The van der Waals surface area contributed by atoms with Crippen LogP contribution < -0.4 is 11.1 Å². The predicted molar refractivity (Wildman–Crippen MR) is 76.1 cm³/mol. The molecule has 0 unspecified atom stereocenters. The number of halogens is 2. The van der Waals surface area contributed by atoms with Gasteiger partial charge in [-0.25, -0.2) is 4.39 Å². The molecule has 5 heteroatoms. The van der Waals surface area contributed by atoms with Gasteiger partial charge >= 0.3 is 0 Å². The summed E-state index contributed by atoms with van der Waals surface area (Å²) in [6.07, 6.45) is 0. The SMILES string of the molecule is Nc1ccc(Br)c(C(=O)NCc2cccc(F)c2)c1. The Kier molecular flexibility index (Phi) is 4.16. The van der Waals surface area contributed by atoms with Gasteiger partial charge in [-0.3, -0.25) is 4.79 Å². The van der Waals surface area contributed by atoms with E-state index in [4.69, 9.17) is 5.73 Å². The third kappa shape index (κ3) is 3.54. The maximum atomic E-state index is 13.0.